The zero-order valence-corrected chi connectivity index (χ0v) is 14.7. The molecule has 0 aromatic heterocycles. The Bertz CT molecular complexity index is 750. The first-order valence-electron chi connectivity index (χ1n) is 8.68. The van der Waals surface area contributed by atoms with Crippen molar-refractivity contribution in [2.45, 2.75) is 6.92 Å². The van der Waals surface area contributed by atoms with Gasteiger partial charge in [0.1, 0.15) is 5.75 Å². The summed E-state index contributed by atoms with van der Waals surface area (Å²) in [7, 11) is 0. The molecule has 1 N–H and O–H groups in total. The van der Waals surface area contributed by atoms with Gasteiger partial charge in [-0.05, 0) is 55.5 Å². The molecule has 6 nitrogen and oxygen atoms in total. The van der Waals surface area contributed by atoms with Crippen LogP contribution in [0.2, 0.25) is 0 Å². The van der Waals surface area contributed by atoms with E-state index in [4.69, 9.17) is 9.47 Å². The topological polar surface area (TPSA) is 67.9 Å². The van der Waals surface area contributed by atoms with Gasteiger partial charge >= 0.3 is 0 Å². The third-order valence-electron chi connectivity index (χ3n) is 4.12. The molecule has 0 unspecified atom stereocenters. The minimum Gasteiger partial charge on any atom is -0.494 e. The maximum Gasteiger partial charge on any atom is 0.255 e. The Labute approximate surface area is 152 Å². The SMILES string of the molecule is CCOc1ccc(NC(=O)c2ccc(C(=O)N3CCOCC3)cc2)cc1. The highest BCUT2D eigenvalue weighted by molar-refractivity contribution is 6.05. The average molecular weight is 354 g/mol. The molecule has 1 heterocycles. The highest BCUT2D eigenvalue weighted by Crippen LogP contribution is 2.17. The van der Waals surface area contributed by atoms with E-state index in [-0.39, 0.29) is 11.8 Å². The fourth-order valence-electron chi connectivity index (χ4n) is 2.72. The van der Waals surface area contributed by atoms with E-state index in [9.17, 15) is 9.59 Å². The molecule has 136 valence electrons. The second-order valence-corrected chi connectivity index (χ2v) is 5.89. The normalized spacial score (nSPS) is 14.0. The first kappa shape index (κ1) is 17.9. The molecular weight excluding hydrogens is 332 g/mol. The molecule has 1 aliphatic rings. The third kappa shape index (κ3) is 4.40. The Kier molecular flexibility index (Phi) is 5.86. The lowest BCUT2D eigenvalue weighted by Crippen LogP contribution is -2.40. The van der Waals surface area contributed by atoms with Crippen molar-refractivity contribution in [2.24, 2.45) is 0 Å². The van der Waals surface area contributed by atoms with Crippen LogP contribution in [0.15, 0.2) is 48.5 Å². The van der Waals surface area contributed by atoms with E-state index in [0.717, 1.165) is 5.75 Å². The number of ether oxygens (including phenoxy) is 2. The van der Waals surface area contributed by atoms with Crippen LogP contribution in [0.1, 0.15) is 27.6 Å². The summed E-state index contributed by atoms with van der Waals surface area (Å²) in [6.45, 7) is 4.84. The first-order chi connectivity index (χ1) is 12.7. The smallest absolute Gasteiger partial charge is 0.255 e. The number of hydrogen-bond donors (Lipinski definition) is 1. The maximum atomic E-state index is 12.4. The van der Waals surface area contributed by atoms with Crippen molar-refractivity contribution in [1.29, 1.82) is 0 Å². The van der Waals surface area contributed by atoms with Crippen LogP contribution in [-0.4, -0.2) is 49.6 Å². The number of anilines is 1. The minimum absolute atomic E-state index is 0.0354. The summed E-state index contributed by atoms with van der Waals surface area (Å²) in [5.41, 5.74) is 1.76. The van der Waals surface area contributed by atoms with Gasteiger partial charge in [0, 0.05) is 29.9 Å². The number of amides is 2. The lowest BCUT2D eigenvalue weighted by Gasteiger charge is -2.26. The van der Waals surface area contributed by atoms with E-state index >= 15 is 0 Å². The quantitative estimate of drug-likeness (QED) is 0.897. The Morgan fingerprint density at radius 2 is 1.62 bits per heavy atom. The monoisotopic (exact) mass is 354 g/mol. The van der Waals surface area contributed by atoms with E-state index in [1.807, 2.05) is 19.1 Å². The summed E-state index contributed by atoms with van der Waals surface area (Å²) in [6, 6.07) is 13.9. The molecule has 26 heavy (non-hydrogen) atoms. The molecule has 1 aliphatic heterocycles. The lowest BCUT2D eigenvalue weighted by molar-refractivity contribution is 0.0303. The summed E-state index contributed by atoms with van der Waals surface area (Å²) in [5, 5.41) is 2.83. The van der Waals surface area contributed by atoms with E-state index < -0.39 is 0 Å². The molecule has 2 aromatic carbocycles. The molecule has 2 amide bonds. The van der Waals surface area contributed by atoms with Gasteiger partial charge in [-0.3, -0.25) is 9.59 Å². The van der Waals surface area contributed by atoms with Crippen molar-refractivity contribution in [3.05, 3.63) is 59.7 Å². The Morgan fingerprint density at radius 1 is 1.00 bits per heavy atom. The number of carbonyl (C=O) groups is 2. The van der Waals surface area contributed by atoms with Crippen LogP contribution in [0, 0.1) is 0 Å². The molecule has 0 radical (unpaired) electrons. The van der Waals surface area contributed by atoms with Crippen LogP contribution in [0.3, 0.4) is 0 Å². The zero-order valence-electron chi connectivity index (χ0n) is 14.7. The van der Waals surface area contributed by atoms with E-state index in [1.54, 1.807) is 41.3 Å². The number of nitrogens with one attached hydrogen (secondary N) is 1. The first-order valence-corrected chi connectivity index (χ1v) is 8.68. The second kappa shape index (κ2) is 8.49. The predicted octanol–water partition coefficient (Wildman–Crippen LogP) is 2.81. The zero-order chi connectivity index (χ0) is 18.4. The molecule has 0 aliphatic carbocycles. The van der Waals surface area contributed by atoms with Crippen molar-refractivity contribution >= 4 is 17.5 Å². The molecule has 2 aromatic rings. The largest absolute Gasteiger partial charge is 0.494 e. The summed E-state index contributed by atoms with van der Waals surface area (Å²) in [5.74, 6) is 0.503. The number of carbonyl (C=O) groups excluding carboxylic acids is 2. The minimum atomic E-state index is -0.223. The van der Waals surface area contributed by atoms with Crippen molar-refractivity contribution in [2.75, 3.05) is 38.2 Å². The Hall–Kier alpha value is -2.86. The van der Waals surface area contributed by atoms with Crippen LogP contribution in [-0.2, 0) is 4.74 Å². The number of morpholine rings is 1. The number of hydrogen-bond acceptors (Lipinski definition) is 4. The fourth-order valence-corrected chi connectivity index (χ4v) is 2.72. The van der Waals surface area contributed by atoms with Crippen molar-refractivity contribution in [1.82, 2.24) is 4.90 Å². The molecule has 1 saturated heterocycles. The molecule has 3 rings (SSSR count). The predicted molar refractivity (Wildman–Crippen MR) is 98.7 cm³/mol. The number of nitrogens with zero attached hydrogens (tertiary/aromatic N) is 1. The van der Waals surface area contributed by atoms with Crippen LogP contribution in [0.25, 0.3) is 0 Å². The molecule has 0 saturated carbocycles. The van der Waals surface area contributed by atoms with Crippen LogP contribution < -0.4 is 10.1 Å². The number of rotatable bonds is 5. The highest BCUT2D eigenvalue weighted by Gasteiger charge is 2.18. The van der Waals surface area contributed by atoms with Gasteiger partial charge in [-0.15, -0.1) is 0 Å². The summed E-state index contributed by atoms with van der Waals surface area (Å²) < 4.78 is 10.6. The van der Waals surface area contributed by atoms with Gasteiger partial charge < -0.3 is 19.7 Å². The molecule has 0 bridgehead atoms. The van der Waals surface area contributed by atoms with Crippen LogP contribution in [0.5, 0.6) is 5.75 Å². The van der Waals surface area contributed by atoms with Gasteiger partial charge in [0.2, 0.25) is 0 Å². The van der Waals surface area contributed by atoms with Crippen LogP contribution in [0.4, 0.5) is 5.69 Å². The van der Waals surface area contributed by atoms with Gasteiger partial charge in [-0.25, -0.2) is 0 Å². The van der Waals surface area contributed by atoms with Gasteiger partial charge in [-0.2, -0.15) is 0 Å². The summed E-state index contributed by atoms with van der Waals surface area (Å²) >= 11 is 0. The molecule has 0 spiro atoms. The standard InChI is InChI=1S/C20H22N2O4/c1-2-26-18-9-7-17(8-10-18)21-19(23)15-3-5-16(6-4-15)20(24)22-11-13-25-14-12-22/h3-10H,2,11-14H2,1H3,(H,21,23). The summed E-state index contributed by atoms with van der Waals surface area (Å²) in [6.07, 6.45) is 0. The Balaban J connectivity index is 1.62. The molecule has 0 atom stereocenters. The van der Waals surface area contributed by atoms with Crippen LogP contribution >= 0.6 is 0 Å². The van der Waals surface area contributed by atoms with E-state index in [2.05, 4.69) is 5.32 Å². The van der Waals surface area contributed by atoms with Crippen molar-refractivity contribution in [3.8, 4) is 5.75 Å². The van der Waals surface area contributed by atoms with Crippen molar-refractivity contribution < 1.29 is 19.1 Å². The van der Waals surface area contributed by atoms with Gasteiger partial charge in [0.15, 0.2) is 0 Å². The lowest BCUT2D eigenvalue weighted by atomic mass is 10.1. The highest BCUT2D eigenvalue weighted by atomic mass is 16.5. The third-order valence-corrected chi connectivity index (χ3v) is 4.12. The average Bonchev–Trinajstić information content (AvgIpc) is 2.70. The molecule has 6 heteroatoms. The second-order valence-electron chi connectivity index (χ2n) is 5.89. The number of benzene rings is 2. The fraction of sp³-hybridized carbons (Fsp3) is 0.300. The maximum absolute atomic E-state index is 12.4. The van der Waals surface area contributed by atoms with Gasteiger partial charge in [-0.1, -0.05) is 0 Å². The van der Waals surface area contributed by atoms with Gasteiger partial charge in [0.25, 0.3) is 11.8 Å². The van der Waals surface area contributed by atoms with Gasteiger partial charge in [0.05, 0.1) is 19.8 Å². The molecular formula is C20H22N2O4. The summed E-state index contributed by atoms with van der Waals surface area (Å²) in [4.78, 5) is 26.5. The Morgan fingerprint density at radius 3 is 2.23 bits per heavy atom. The molecule has 1 fully saturated rings. The van der Waals surface area contributed by atoms with E-state index in [1.165, 1.54) is 0 Å². The van der Waals surface area contributed by atoms with E-state index in [0.29, 0.717) is 49.7 Å². The van der Waals surface area contributed by atoms with Crippen molar-refractivity contribution in [3.63, 3.8) is 0 Å².